The highest BCUT2D eigenvalue weighted by atomic mass is 32.1. The summed E-state index contributed by atoms with van der Waals surface area (Å²) >= 11 is 1.37. The molecule has 0 spiro atoms. The van der Waals surface area contributed by atoms with Crippen molar-refractivity contribution in [3.05, 3.63) is 59.4 Å². The minimum Gasteiger partial charge on any atom is -0.375 e. The SMILES string of the molecule is C#CCN(C(=O)NCCCC)N1CC(=O)N2C(Cc3ccc(F)cc3)C(=O)N(Cc3cccc4sc(N)nc34)C[C@@H]21. The Morgan fingerprint density at radius 2 is 2.05 bits per heavy atom. The molecule has 2 fully saturated rings. The summed E-state index contributed by atoms with van der Waals surface area (Å²) in [4.78, 5) is 48.4. The van der Waals surface area contributed by atoms with Gasteiger partial charge in [0.2, 0.25) is 11.8 Å². The van der Waals surface area contributed by atoms with Gasteiger partial charge in [-0.1, -0.05) is 54.9 Å². The van der Waals surface area contributed by atoms with Crippen molar-refractivity contribution in [3.63, 3.8) is 0 Å². The Hall–Kier alpha value is -4.21. The smallest absolute Gasteiger partial charge is 0.332 e. The number of unbranched alkanes of at least 4 members (excludes halogenated alkanes) is 1. The number of carbonyl (C=O) groups excluding carboxylic acids is 3. The molecule has 3 aromatic rings. The molecule has 3 heterocycles. The number of terminal acetylenes is 1. The van der Waals surface area contributed by atoms with Crippen molar-refractivity contribution >= 4 is 44.5 Å². The number of rotatable bonds is 9. The molecule has 214 valence electrons. The van der Waals surface area contributed by atoms with Crippen LogP contribution in [0, 0.1) is 18.2 Å². The lowest BCUT2D eigenvalue weighted by Crippen LogP contribution is -2.66. The molecule has 2 saturated heterocycles. The van der Waals surface area contributed by atoms with E-state index in [-0.39, 0.29) is 50.2 Å². The van der Waals surface area contributed by atoms with Crippen molar-refractivity contribution in [2.45, 2.75) is 44.9 Å². The lowest BCUT2D eigenvalue weighted by Gasteiger charge is -2.46. The second kappa shape index (κ2) is 12.1. The van der Waals surface area contributed by atoms with E-state index in [0.717, 1.165) is 28.6 Å². The van der Waals surface area contributed by atoms with Crippen LogP contribution in [0.3, 0.4) is 0 Å². The minimum absolute atomic E-state index is 0.0381. The van der Waals surface area contributed by atoms with Gasteiger partial charge in [0.1, 0.15) is 18.0 Å². The van der Waals surface area contributed by atoms with Crippen LogP contribution in [-0.2, 0) is 22.6 Å². The van der Waals surface area contributed by atoms with E-state index >= 15 is 0 Å². The van der Waals surface area contributed by atoms with Crippen LogP contribution in [0.1, 0.15) is 30.9 Å². The van der Waals surface area contributed by atoms with Gasteiger partial charge in [-0.05, 0) is 35.7 Å². The van der Waals surface area contributed by atoms with Crippen molar-refractivity contribution in [1.29, 1.82) is 0 Å². The maximum Gasteiger partial charge on any atom is 0.332 e. The Kier molecular flexibility index (Phi) is 8.37. The standard InChI is InChI=1S/C29H32FN7O3S/c1-3-5-13-32-29(40)35(14-4-2)36-18-25(38)37-22(15-19-9-11-21(30)12-10-19)27(39)34(17-24(36)37)16-20-7-6-8-23-26(20)33-28(31)41-23/h2,6-12,22,24H,3,5,13-18H2,1H3,(H2,31,33)(H,32,40)/t22?,24-/m1/s1. The summed E-state index contributed by atoms with van der Waals surface area (Å²) in [6, 6.07) is 10.4. The molecule has 5 rings (SSSR count). The highest BCUT2D eigenvalue weighted by Crippen LogP contribution is 2.32. The highest BCUT2D eigenvalue weighted by Gasteiger charge is 2.52. The molecule has 0 saturated carbocycles. The third-order valence-electron chi connectivity index (χ3n) is 7.38. The number of anilines is 1. The first-order valence-electron chi connectivity index (χ1n) is 13.5. The number of nitrogens with one attached hydrogen (secondary N) is 1. The monoisotopic (exact) mass is 577 g/mol. The Bertz CT molecular complexity index is 1490. The normalized spacial score (nSPS) is 19.0. The number of nitrogens with two attached hydrogens (primary N) is 1. The second-order valence-corrected chi connectivity index (χ2v) is 11.2. The number of amides is 4. The third kappa shape index (κ3) is 5.82. The number of thiazole rings is 1. The zero-order chi connectivity index (χ0) is 29.1. The fourth-order valence-electron chi connectivity index (χ4n) is 5.42. The van der Waals surface area contributed by atoms with Crippen LogP contribution >= 0.6 is 11.3 Å². The first-order valence-corrected chi connectivity index (χ1v) is 14.4. The number of nitrogens with zero attached hydrogens (tertiary/aromatic N) is 5. The highest BCUT2D eigenvalue weighted by molar-refractivity contribution is 7.22. The number of hydrazine groups is 1. The van der Waals surface area contributed by atoms with E-state index in [4.69, 9.17) is 12.2 Å². The van der Waals surface area contributed by atoms with Gasteiger partial charge in [0.05, 0.1) is 29.9 Å². The first kappa shape index (κ1) is 28.3. The molecule has 3 N–H and O–H groups in total. The Labute approximate surface area is 241 Å². The Morgan fingerprint density at radius 1 is 1.27 bits per heavy atom. The van der Waals surface area contributed by atoms with E-state index in [9.17, 15) is 18.8 Å². The van der Waals surface area contributed by atoms with Gasteiger partial charge in [0.15, 0.2) is 5.13 Å². The molecule has 10 nitrogen and oxygen atoms in total. The number of aromatic nitrogens is 1. The van der Waals surface area contributed by atoms with Crippen LogP contribution in [-0.4, -0.2) is 81.0 Å². The predicted molar refractivity (Wildman–Crippen MR) is 155 cm³/mol. The average Bonchev–Trinajstić information content (AvgIpc) is 3.49. The summed E-state index contributed by atoms with van der Waals surface area (Å²) in [5, 5.41) is 6.35. The molecule has 2 aromatic carbocycles. The van der Waals surface area contributed by atoms with Crippen LogP contribution in [0.5, 0.6) is 0 Å². The molecule has 4 amide bonds. The Morgan fingerprint density at radius 3 is 2.78 bits per heavy atom. The molecular weight excluding hydrogens is 545 g/mol. The maximum atomic E-state index is 14.0. The number of hydrogen-bond acceptors (Lipinski definition) is 7. The molecule has 0 bridgehead atoms. The van der Waals surface area contributed by atoms with Gasteiger partial charge >= 0.3 is 6.03 Å². The van der Waals surface area contributed by atoms with Crippen LogP contribution in [0.15, 0.2) is 42.5 Å². The molecule has 2 aliphatic heterocycles. The summed E-state index contributed by atoms with van der Waals surface area (Å²) in [5.41, 5.74) is 8.23. The van der Waals surface area contributed by atoms with Gasteiger partial charge in [-0.15, -0.1) is 6.42 Å². The van der Waals surface area contributed by atoms with Crippen molar-refractivity contribution in [1.82, 2.24) is 30.1 Å². The predicted octanol–water partition coefficient (Wildman–Crippen LogP) is 2.80. The molecule has 2 atom stereocenters. The quantitative estimate of drug-likeness (QED) is 0.299. The first-order chi connectivity index (χ1) is 19.8. The molecular formula is C29H32FN7O3S. The van der Waals surface area contributed by atoms with E-state index in [0.29, 0.717) is 17.2 Å². The fraction of sp³-hybridized carbons (Fsp3) is 0.379. The number of hydrogen-bond donors (Lipinski definition) is 2. The number of para-hydroxylation sites is 1. The summed E-state index contributed by atoms with van der Waals surface area (Å²) in [6.07, 6.45) is 6.91. The van der Waals surface area contributed by atoms with Crippen molar-refractivity contribution in [3.8, 4) is 12.3 Å². The van der Waals surface area contributed by atoms with Gasteiger partial charge in [-0.3, -0.25) is 9.59 Å². The van der Waals surface area contributed by atoms with Crippen LogP contribution in [0.25, 0.3) is 10.2 Å². The molecule has 0 aliphatic carbocycles. The van der Waals surface area contributed by atoms with Gasteiger partial charge in [-0.25, -0.2) is 19.2 Å². The number of urea groups is 1. The molecule has 1 aromatic heterocycles. The van der Waals surface area contributed by atoms with Crippen LogP contribution in [0.4, 0.5) is 14.3 Å². The molecule has 1 unspecified atom stereocenters. The minimum atomic E-state index is -0.854. The summed E-state index contributed by atoms with van der Waals surface area (Å²) in [5.74, 6) is 1.61. The second-order valence-electron chi connectivity index (χ2n) is 10.1. The zero-order valence-corrected chi connectivity index (χ0v) is 23.6. The lowest BCUT2D eigenvalue weighted by molar-refractivity contribution is -0.157. The number of benzene rings is 2. The maximum absolute atomic E-state index is 14.0. The Balaban J connectivity index is 1.49. The number of piperazine rings is 1. The molecule has 41 heavy (non-hydrogen) atoms. The van der Waals surface area contributed by atoms with Crippen LogP contribution < -0.4 is 11.1 Å². The van der Waals surface area contributed by atoms with E-state index in [1.807, 2.05) is 25.1 Å². The molecule has 12 heteroatoms. The van der Waals surface area contributed by atoms with E-state index in [1.54, 1.807) is 26.9 Å². The van der Waals surface area contributed by atoms with Crippen molar-refractivity contribution in [2.24, 2.45) is 0 Å². The largest absolute Gasteiger partial charge is 0.375 e. The molecule has 0 radical (unpaired) electrons. The third-order valence-corrected chi connectivity index (χ3v) is 8.23. The average molecular weight is 578 g/mol. The van der Waals surface area contributed by atoms with Crippen LogP contribution in [0.2, 0.25) is 0 Å². The lowest BCUT2D eigenvalue weighted by atomic mass is 10.00. The summed E-state index contributed by atoms with van der Waals surface area (Å²) in [6.45, 7) is 2.76. The van der Waals surface area contributed by atoms with Gasteiger partial charge in [-0.2, -0.15) is 5.01 Å². The summed E-state index contributed by atoms with van der Waals surface area (Å²) in [7, 11) is 0. The van der Waals surface area contributed by atoms with Crippen molar-refractivity contribution < 1.29 is 18.8 Å². The van der Waals surface area contributed by atoms with Crippen molar-refractivity contribution in [2.75, 3.05) is 31.9 Å². The van der Waals surface area contributed by atoms with E-state index < -0.39 is 18.2 Å². The fourth-order valence-corrected chi connectivity index (χ4v) is 6.20. The van der Waals surface area contributed by atoms with Gasteiger partial charge in [0.25, 0.3) is 0 Å². The van der Waals surface area contributed by atoms with E-state index in [1.165, 1.54) is 28.5 Å². The number of nitrogen functional groups attached to an aromatic ring is 1. The number of carbonyl (C=O) groups is 3. The number of halogens is 1. The summed E-state index contributed by atoms with van der Waals surface area (Å²) < 4.78 is 14.5. The topological polar surface area (TPSA) is 115 Å². The van der Waals surface area contributed by atoms with E-state index in [2.05, 4.69) is 16.2 Å². The van der Waals surface area contributed by atoms with Gasteiger partial charge < -0.3 is 20.9 Å². The number of fused-ring (bicyclic) bond motifs is 2. The van der Waals surface area contributed by atoms with Gasteiger partial charge in [0, 0.05) is 19.5 Å². The molecule has 2 aliphatic rings. The zero-order valence-electron chi connectivity index (χ0n) is 22.8.